The fraction of sp³-hybridized carbons (Fsp3) is 0.208. The van der Waals surface area contributed by atoms with Crippen molar-refractivity contribution in [2.45, 2.75) is 25.7 Å². The third kappa shape index (κ3) is 8.18. The second-order valence-corrected chi connectivity index (χ2v) is 9.07. The smallest absolute Gasteiger partial charge is 0.284 e. The predicted molar refractivity (Wildman–Crippen MR) is 135 cm³/mol. The molecule has 0 radical (unpaired) electrons. The number of carbonyl (C=O) groups excluding carboxylic acids is 2. The number of anilines is 1. The van der Waals surface area contributed by atoms with Gasteiger partial charge in [0.05, 0.1) is 11.2 Å². The molecule has 35 heavy (non-hydrogen) atoms. The summed E-state index contributed by atoms with van der Waals surface area (Å²) in [6, 6.07) is 18.4. The highest BCUT2D eigenvalue weighted by Gasteiger charge is 2.08. The van der Waals surface area contributed by atoms with E-state index in [2.05, 4.69) is 15.0 Å². The van der Waals surface area contributed by atoms with Gasteiger partial charge in [-0.05, 0) is 37.1 Å². The van der Waals surface area contributed by atoms with Gasteiger partial charge in [0, 0.05) is 29.9 Å². The highest BCUT2D eigenvalue weighted by atomic mass is 32.2. The lowest BCUT2D eigenvalue weighted by molar-refractivity contribution is -0.116. The number of amides is 2. The Kier molecular flexibility index (Phi) is 8.90. The fourth-order valence-corrected chi connectivity index (χ4v) is 3.75. The van der Waals surface area contributed by atoms with Gasteiger partial charge in [0.25, 0.3) is 16.1 Å². The molecule has 0 saturated carbocycles. The Labute approximate surface area is 202 Å². The van der Waals surface area contributed by atoms with Crippen LogP contribution in [-0.2, 0) is 15.0 Å². The van der Waals surface area contributed by atoms with Gasteiger partial charge in [-0.25, -0.2) is 9.86 Å². The first kappa shape index (κ1) is 25.8. The molecule has 2 heterocycles. The van der Waals surface area contributed by atoms with Crippen LogP contribution in [0.3, 0.4) is 0 Å². The van der Waals surface area contributed by atoms with Crippen molar-refractivity contribution in [3.8, 4) is 0 Å². The molecule has 0 atom stereocenters. The van der Waals surface area contributed by atoms with Crippen LogP contribution in [0.25, 0.3) is 21.9 Å². The number of hydrogen-bond acceptors (Lipinski definition) is 6. The lowest BCUT2D eigenvalue weighted by atomic mass is 10.1. The summed E-state index contributed by atoms with van der Waals surface area (Å²) >= 11 is 0. The maximum Gasteiger partial charge on any atom is 0.284 e. The monoisotopic (exact) mass is 497 g/mol. The molecule has 0 aliphatic carbocycles. The average molecular weight is 498 g/mol. The Morgan fingerprint density at radius 2 is 1.69 bits per heavy atom. The number of nitrogens with one attached hydrogen (secondary N) is 2. The molecule has 2 aromatic carbocycles. The quantitative estimate of drug-likeness (QED) is 0.259. The molecule has 6 N–H and O–H groups in total. The lowest BCUT2D eigenvalue weighted by Crippen LogP contribution is -2.31. The van der Waals surface area contributed by atoms with E-state index < -0.39 is 16.1 Å². The number of furan rings is 1. The zero-order valence-corrected chi connectivity index (χ0v) is 19.8. The third-order valence-electron chi connectivity index (χ3n) is 4.96. The molecular formula is C24H27N5O5S. The molecule has 0 bridgehead atoms. The Morgan fingerprint density at radius 1 is 0.943 bits per heavy atom. The first-order chi connectivity index (χ1) is 16.7. The molecule has 2 amide bonds. The number of benzene rings is 2. The topological polar surface area (TPSA) is 170 Å². The standard InChI is InChI=1S/C15H20N4O3S.C9H7NO2/c16-23(21,22)18-11-3-1-2-9-14(20)19-13-8-4-6-12-7-5-10-17-15(12)13;10-9(11)8-5-6-3-1-2-4-7(6)12-8/h4-8,10,18H,1-3,9,11H2,(H,19,20)(H2,16,21,22);1-5H,(H2,10,11). The van der Waals surface area contributed by atoms with Crippen molar-refractivity contribution in [1.29, 1.82) is 0 Å². The number of hydrogen-bond donors (Lipinski definition) is 4. The average Bonchev–Trinajstić information content (AvgIpc) is 3.26. The summed E-state index contributed by atoms with van der Waals surface area (Å²) in [7, 11) is -3.63. The second-order valence-electron chi connectivity index (χ2n) is 7.69. The first-order valence-electron chi connectivity index (χ1n) is 10.9. The number of primary amides is 1. The van der Waals surface area contributed by atoms with E-state index in [9.17, 15) is 18.0 Å². The molecule has 10 nitrogen and oxygen atoms in total. The molecular weight excluding hydrogens is 470 g/mol. The molecule has 4 aromatic rings. The summed E-state index contributed by atoms with van der Waals surface area (Å²) in [5, 5.41) is 9.55. The minimum absolute atomic E-state index is 0.0810. The van der Waals surface area contributed by atoms with Crippen LogP contribution in [-0.4, -0.2) is 31.8 Å². The summed E-state index contributed by atoms with van der Waals surface area (Å²) in [4.78, 5) is 27.0. The normalized spacial score (nSPS) is 11.1. The number of pyridine rings is 1. The number of rotatable bonds is 9. The van der Waals surface area contributed by atoms with Crippen LogP contribution in [0.1, 0.15) is 36.2 Å². The summed E-state index contributed by atoms with van der Waals surface area (Å²) < 4.78 is 28.7. The van der Waals surface area contributed by atoms with Crippen LogP contribution >= 0.6 is 0 Å². The number of aromatic nitrogens is 1. The molecule has 0 aliphatic rings. The number of nitrogens with two attached hydrogens (primary N) is 2. The molecule has 0 fully saturated rings. The van der Waals surface area contributed by atoms with E-state index in [1.165, 1.54) is 0 Å². The van der Waals surface area contributed by atoms with Gasteiger partial charge in [0.15, 0.2) is 5.76 Å². The van der Waals surface area contributed by atoms with E-state index >= 15 is 0 Å². The summed E-state index contributed by atoms with van der Waals surface area (Å²) in [5.41, 5.74) is 7.19. The highest BCUT2D eigenvalue weighted by molar-refractivity contribution is 7.87. The minimum Gasteiger partial charge on any atom is -0.451 e. The Bertz CT molecular complexity index is 1380. The van der Waals surface area contributed by atoms with Crippen molar-refractivity contribution < 1.29 is 22.4 Å². The van der Waals surface area contributed by atoms with Gasteiger partial charge < -0.3 is 15.5 Å². The Morgan fingerprint density at radius 3 is 2.43 bits per heavy atom. The number of carbonyl (C=O) groups is 2. The van der Waals surface area contributed by atoms with Gasteiger partial charge in [-0.1, -0.05) is 42.8 Å². The van der Waals surface area contributed by atoms with Crippen LogP contribution < -0.4 is 20.9 Å². The van der Waals surface area contributed by atoms with Gasteiger partial charge in [0.1, 0.15) is 5.58 Å². The van der Waals surface area contributed by atoms with Crippen LogP contribution in [0.5, 0.6) is 0 Å². The van der Waals surface area contributed by atoms with Crippen LogP contribution in [0.15, 0.2) is 71.3 Å². The zero-order chi connectivity index (χ0) is 25.3. The highest BCUT2D eigenvalue weighted by Crippen LogP contribution is 2.21. The molecule has 184 valence electrons. The van der Waals surface area contributed by atoms with E-state index in [4.69, 9.17) is 15.3 Å². The molecule has 2 aromatic heterocycles. The molecule has 0 unspecified atom stereocenters. The van der Waals surface area contributed by atoms with E-state index in [0.29, 0.717) is 30.5 Å². The first-order valence-corrected chi connectivity index (χ1v) is 12.5. The van der Waals surface area contributed by atoms with Crippen molar-refractivity contribution in [2.75, 3.05) is 11.9 Å². The van der Waals surface area contributed by atoms with Gasteiger partial charge in [-0.3, -0.25) is 14.6 Å². The fourth-order valence-electron chi connectivity index (χ4n) is 3.32. The largest absolute Gasteiger partial charge is 0.451 e. The van der Waals surface area contributed by atoms with Gasteiger partial charge in [-0.2, -0.15) is 8.42 Å². The van der Waals surface area contributed by atoms with Gasteiger partial charge in [-0.15, -0.1) is 0 Å². The maximum absolute atomic E-state index is 12.0. The van der Waals surface area contributed by atoms with E-state index in [1.807, 2.05) is 48.5 Å². The Hall–Kier alpha value is -3.80. The van der Waals surface area contributed by atoms with Crippen LogP contribution in [0, 0.1) is 0 Å². The number of para-hydroxylation sites is 2. The van der Waals surface area contributed by atoms with E-state index in [1.54, 1.807) is 18.3 Å². The van der Waals surface area contributed by atoms with Crippen molar-refractivity contribution in [1.82, 2.24) is 9.71 Å². The molecule has 0 spiro atoms. The van der Waals surface area contributed by atoms with E-state index in [0.717, 1.165) is 22.7 Å². The van der Waals surface area contributed by atoms with Crippen molar-refractivity contribution in [2.24, 2.45) is 10.9 Å². The lowest BCUT2D eigenvalue weighted by Gasteiger charge is -2.08. The summed E-state index contributed by atoms with van der Waals surface area (Å²) in [5.74, 6) is -0.412. The predicted octanol–water partition coefficient (Wildman–Crippen LogP) is 3.06. The molecule has 11 heteroatoms. The number of fused-ring (bicyclic) bond motifs is 2. The Balaban J connectivity index is 0.000000237. The third-order valence-corrected chi connectivity index (χ3v) is 5.57. The van der Waals surface area contributed by atoms with Gasteiger partial charge >= 0.3 is 0 Å². The van der Waals surface area contributed by atoms with Crippen LogP contribution in [0.2, 0.25) is 0 Å². The minimum atomic E-state index is -3.63. The molecule has 0 aliphatic heterocycles. The van der Waals surface area contributed by atoms with Crippen molar-refractivity contribution in [3.63, 3.8) is 0 Å². The molecule has 4 rings (SSSR count). The second kappa shape index (κ2) is 12.1. The summed E-state index contributed by atoms with van der Waals surface area (Å²) in [6.07, 6.45) is 4.12. The van der Waals surface area contributed by atoms with Gasteiger partial charge in [0.2, 0.25) is 5.91 Å². The van der Waals surface area contributed by atoms with Crippen molar-refractivity contribution in [3.05, 3.63) is 72.6 Å². The van der Waals surface area contributed by atoms with Crippen LogP contribution in [0.4, 0.5) is 5.69 Å². The number of unbranched alkanes of at least 4 members (excludes halogenated alkanes) is 2. The van der Waals surface area contributed by atoms with Crippen molar-refractivity contribution >= 4 is 49.6 Å². The molecule has 0 saturated heterocycles. The summed E-state index contributed by atoms with van der Waals surface area (Å²) in [6.45, 7) is 0.285. The van der Waals surface area contributed by atoms with E-state index in [-0.39, 0.29) is 18.2 Å². The SMILES string of the molecule is NC(=O)c1cc2ccccc2o1.NS(=O)(=O)NCCCCCC(=O)Nc1cccc2cccnc12. The zero-order valence-electron chi connectivity index (χ0n) is 18.9. The maximum atomic E-state index is 12.0. The number of nitrogens with zero attached hydrogens (tertiary/aromatic N) is 1.